The van der Waals surface area contributed by atoms with E-state index in [1.54, 1.807) is 0 Å². The van der Waals surface area contributed by atoms with Crippen molar-refractivity contribution < 1.29 is 4.39 Å². The Hall–Kier alpha value is -0.250. The van der Waals surface area contributed by atoms with E-state index in [4.69, 9.17) is 5.73 Å². The van der Waals surface area contributed by atoms with Gasteiger partial charge in [0, 0.05) is 0 Å². The topological polar surface area (TPSA) is 38.4 Å². The van der Waals surface area contributed by atoms with Crippen LogP contribution >= 0.6 is 12.8 Å². The smallest absolute Gasteiger partial charge is 0.147 e. The van der Waals surface area contributed by atoms with E-state index in [0.717, 1.165) is 0 Å². The number of amidine groups is 1. The minimum absolute atomic E-state index is 0.0849. The molecule has 36 valence electrons. The van der Waals surface area contributed by atoms with Gasteiger partial charge in [-0.05, 0) is 12.8 Å². The van der Waals surface area contributed by atoms with Gasteiger partial charge in [-0.3, -0.25) is 0 Å². The molecule has 0 amide bonds. The van der Waals surface area contributed by atoms with E-state index in [1.807, 2.05) is 0 Å². The molecule has 6 heavy (non-hydrogen) atoms. The molecule has 0 aliphatic rings. The lowest BCUT2D eigenvalue weighted by atomic mass is 10.7. The van der Waals surface area contributed by atoms with Gasteiger partial charge in [0.2, 0.25) is 0 Å². The Balaban J connectivity index is 3.22. The first kappa shape index (κ1) is 5.75. The van der Waals surface area contributed by atoms with Gasteiger partial charge in [0.15, 0.2) is 0 Å². The van der Waals surface area contributed by atoms with E-state index in [0.29, 0.717) is 0 Å². The number of alkyl halides is 1. The second kappa shape index (κ2) is 2.96. The fraction of sp³-hybridized carbons (Fsp3) is 0.500. The normalized spacial score (nSPS) is 12.0. The van der Waals surface area contributed by atoms with Crippen molar-refractivity contribution in [3.05, 3.63) is 0 Å². The molecule has 0 aromatic heterocycles. The van der Waals surface area contributed by atoms with Crippen LogP contribution < -0.4 is 5.73 Å². The predicted octanol–water partition coefficient (Wildman–Crippen LogP) is 0.158. The van der Waals surface area contributed by atoms with Crippen molar-refractivity contribution in [1.29, 1.82) is 0 Å². The molecule has 2 nitrogen and oxygen atoms in total. The average molecular weight is 108 g/mol. The molecule has 4 heteroatoms. The van der Waals surface area contributed by atoms with E-state index in [2.05, 4.69) is 17.2 Å². The predicted molar refractivity (Wildman–Crippen MR) is 26.6 cm³/mol. The summed E-state index contributed by atoms with van der Waals surface area (Å²) >= 11 is 3.32. The van der Waals surface area contributed by atoms with E-state index in [9.17, 15) is 4.39 Å². The Morgan fingerprint density at radius 2 is 2.50 bits per heavy atom. The summed E-state index contributed by atoms with van der Waals surface area (Å²) in [5, 5.41) is 0. The molecule has 0 saturated heterocycles. The number of thiol groups is 1. The standard InChI is InChI=1S/C2H5FN2S/c3-1-2(4)5-6/h6H,1H2,(H2,4,5). The second-order valence-electron chi connectivity index (χ2n) is 0.725. The van der Waals surface area contributed by atoms with Gasteiger partial charge in [-0.25, -0.2) is 8.79 Å². The summed E-state index contributed by atoms with van der Waals surface area (Å²) in [6.45, 7) is -0.719. The van der Waals surface area contributed by atoms with Gasteiger partial charge >= 0.3 is 0 Å². The monoisotopic (exact) mass is 108 g/mol. The fourth-order valence-electron chi connectivity index (χ4n) is 0.0267. The van der Waals surface area contributed by atoms with Crippen molar-refractivity contribution in [3.8, 4) is 0 Å². The van der Waals surface area contributed by atoms with Crippen LogP contribution in [0.15, 0.2) is 4.40 Å². The molecule has 0 aromatic carbocycles. The molecule has 0 spiro atoms. The molecular formula is C2H5FN2S. The number of halogens is 1. The van der Waals surface area contributed by atoms with Crippen LogP contribution in [0.25, 0.3) is 0 Å². The summed E-state index contributed by atoms with van der Waals surface area (Å²) in [7, 11) is 0. The van der Waals surface area contributed by atoms with Crippen molar-refractivity contribution in [2.75, 3.05) is 6.67 Å². The molecule has 0 fully saturated rings. The highest BCUT2D eigenvalue weighted by atomic mass is 32.1. The van der Waals surface area contributed by atoms with E-state index < -0.39 is 6.67 Å². The van der Waals surface area contributed by atoms with Crippen LogP contribution in [-0.4, -0.2) is 12.5 Å². The molecule has 0 aromatic rings. The lowest BCUT2D eigenvalue weighted by Gasteiger charge is -1.81. The molecule has 0 radical (unpaired) electrons. The quantitative estimate of drug-likeness (QED) is 0.280. The number of nitrogens with two attached hydrogens (primary N) is 1. The van der Waals surface area contributed by atoms with Crippen molar-refractivity contribution in [3.63, 3.8) is 0 Å². The molecule has 0 bridgehead atoms. The third kappa shape index (κ3) is 2.02. The Morgan fingerprint density at radius 3 is 2.50 bits per heavy atom. The lowest BCUT2D eigenvalue weighted by molar-refractivity contribution is 0.579. The Kier molecular flexibility index (Phi) is 2.84. The van der Waals surface area contributed by atoms with Crippen LogP contribution in [0.5, 0.6) is 0 Å². The number of rotatable bonds is 1. The molecule has 2 N–H and O–H groups in total. The van der Waals surface area contributed by atoms with Crippen LogP contribution in [0, 0.1) is 0 Å². The Morgan fingerprint density at radius 1 is 2.00 bits per heavy atom. The van der Waals surface area contributed by atoms with Gasteiger partial charge < -0.3 is 5.73 Å². The van der Waals surface area contributed by atoms with Gasteiger partial charge in [0.25, 0.3) is 0 Å². The highest BCUT2D eigenvalue weighted by Gasteiger charge is 1.80. The molecule has 0 atom stereocenters. The first-order valence-corrected chi connectivity index (χ1v) is 1.73. The third-order valence-electron chi connectivity index (χ3n) is 0.265. The molecule has 0 aliphatic heterocycles. The van der Waals surface area contributed by atoms with E-state index in [1.165, 1.54) is 0 Å². The number of hydrogen-bond acceptors (Lipinski definition) is 2. The first-order chi connectivity index (χ1) is 2.81. The summed E-state index contributed by atoms with van der Waals surface area (Å²) in [6, 6.07) is 0. The van der Waals surface area contributed by atoms with Crippen molar-refractivity contribution in [1.82, 2.24) is 0 Å². The zero-order chi connectivity index (χ0) is 4.99. The molecule has 0 heterocycles. The summed E-state index contributed by atoms with van der Waals surface area (Å²) in [5.41, 5.74) is 4.77. The maximum Gasteiger partial charge on any atom is 0.147 e. The van der Waals surface area contributed by atoms with Crippen LogP contribution in [0.3, 0.4) is 0 Å². The first-order valence-electron chi connectivity index (χ1n) is 1.33. The van der Waals surface area contributed by atoms with E-state index in [-0.39, 0.29) is 5.84 Å². The molecule has 0 aliphatic carbocycles. The van der Waals surface area contributed by atoms with Crippen molar-refractivity contribution >= 4 is 18.7 Å². The summed E-state index contributed by atoms with van der Waals surface area (Å²) in [4.78, 5) is 0. The minimum Gasteiger partial charge on any atom is -0.384 e. The third-order valence-corrected chi connectivity index (χ3v) is 0.522. The zero-order valence-electron chi connectivity index (χ0n) is 3.06. The summed E-state index contributed by atoms with van der Waals surface area (Å²) in [5.74, 6) is -0.0849. The summed E-state index contributed by atoms with van der Waals surface area (Å²) < 4.78 is 14.1. The Bertz CT molecular complexity index is 62.6. The fourth-order valence-corrected chi connectivity index (χ4v) is 0.0802. The zero-order valence-corrected chi connectivity index (χ0v) is 3.95. The SMILES string of the molecule is NC(CF)=NS. The van der Waals surface area contributed by atoms with E-state index >= 15 is 0 Å². The lowest BCUT2D eigenvalue weighted by Crippen LogP contribution is -2.11. The number of nitrogens with zero attached hydrogens (tertiary/aromatic N) is 1. The van der Waals surface area contributed by atoms with Crippen LogP contribution in [0.2, 0.25) is 0 Å². The average Bonchev–Trinajstić information content (AvgIpc) is 1.65. The largest absolute Gasteiger partial charge is 0.384 e. The molecule has 0 saturated carbocycles. The van der Waals surface area contributed by atoms with Crippen molar-refractivity contribution in [2.45, 2.75) is 0 Å². The van der Waals surface area contributed by atoms with Crippen LogP contribution in [0.1, 0.15) is 0 Å². The number of hydrogen-bond donors (Lipinski definition) is 2. The Labute approximate surface area is 40.8 Å². The van der Waals surface area contributed by atoms with Gasteiger partial charge in [-0.15, -0.1) is 0 Å². The molecule has 0 unspecified atom stereocenters. The highest BCUT2D eigenvalue weighted by Crippen LogP contribution is 1.74. The van der Waals surface area contributed by atoms with Crippen molar-refractivity contribution in [2.24, 2.45) is 10.1 Å². The summed E-state index contributed by atoms with van der Waals surface area (Å²) in [6.07, 6.45) is 0. The molecule has 0 rings (SSSR count). The second-order valence-corrected chi connectivity index (χ2v) is 0.925. The maximum absolute atomic E-state index is 11.1. The van der Waals surface area contributed by atoms with Gasteiger partial charge in [0.1, 0.15) is 12.5 Å². The van der Waals surface area contributed by atoms with Crippen LogP contribution in [-0.2, 0) is 0 Å². The molecular weight excluding hydrogens is 103 g/mol. The maximum atomic E-state index is 11.1. The van der Waals surface area contributed by atoms with Gasteiger partial charge in [0.05, 0.1) is 0 Å². The van der Waals surface area contributed by atoms with Gasteiger partial charge in [-0.1, -0.05) is 0 Å². The van der Waals surface area contributed by atoms with Crippen LogP contribution in [0.4, 0.5) is 4.39 Å². The highest BCUT2D eigenvalue weighted by molar-refractivity contribution is 7.79. The van der Waals surface area contributed by atoms with Gasteiger partial charge in [-0.2, -0.15) is 0 Å². The minimum atomic E-state index is -0.719.